The van der Waals surface area contributed by atoms with E-state index in [1.807, 2.05) is 42.5 Å². The summed E-state index contributed by atoms with van der Waals surface area (Å²) in [6, 6.07) is 16.2. The molecule has 0 bridgehead atoms. The molecule has 0 unspecified atom stereocenters. The Kier molecular flexibility index (Phi) is 6.27. The van der Waals surface area contributed by atoms with Crippen molar-refractivity contribution in [1.82, 2.24) is 0 Å². The summed E-state index contributed by atoms with van der Waals surface area (Å²) in [5, 5.41) is 2.95. The van der Waals surface area contributed by atoms with Crippen molar-refractivity contribution in [2.24, 2.45) is 0 Å². The summed E-state index contributed by atoms with van der Waals surface area (Å²) in [6.07, 6.45) is 3.43. The smallest absolute Gasteiger partial charge is 0.248 e. The summed E-state index contributed by atoms with van der Waals surface area (Å²) < 4.78 is 0. The molecule has 0 aromatic heterocycles. The second kappa shape index (κ2) is 8.20. The molecule has 0 saturated heterocycles. The summed E-state index contributed by atoms with van der Waals surface area (Å²) >= 11 is 1.72. The van der Waals surface area contributed by atoms with Crippen LogP contribution in [0.2, 0.25) is 0 Å². The van der Waals surface area contributed by atoms with Crippen molar-refractivity contribution in [2.45, 2.75) is 38.0 Å². The average molecular weight is 340 g/mol. The number of hydrogen-bond acceptors (Lipinski definition) is 2. The van der Waals surface area contributed by atoms with Crippen molar-refractivity contribution in [3.8, 4) is 0 Å². The van der Waals surface area contributed by atoms with Crippen LogP contribution in [-0.2, 0) is 10.2 Å². The Hall–Kier alpha value is -2.00. The zero-order valence-electron chi connectivity index (χ0n) is 14.8. The van der Waals surface area contributed by atoms with Crippen molar-refractivity contribution < 1.29 is 4.79 Å². The number of hydrogen-bond donors (Lipinski definition) is 1. The zero-order chi connectivity index (χ0) is 17.6. The van der Waals surface area contributed by atoms with E-state index < -0.39 is 0 Å². The summed E-state index contributed by atoms with van der Waals surface area (Å²) in [7, 11) is 0. The van der Waals surface area contributed by atoms with Crippen molar-refractivity contribution >= 4 is 29.4 Å². The lowest BCUT2D eigenvalue weighted by molar-refractivity contribution is -0.111. The first-order valence-electron chi connectivity index (χ1n) is 8.21. The lowest BCUT2D eigenvalue weighted by Gasteiger charge is -2.18. The second-order valence-corrected chi connectivity index (χ2v) is 7.93. The van der Waals surface area contributed by atoms with Gasteiger partial charge in [-0.25, -0.2) is 0 Å². The van der Waals surface area contributed by atoms with E-state index >= 15 is 0 Å². The predicted molar refractivity (Wildman–Crippen MR) is 106 cm³/mol. The molecule has 2 rings (SSSR count). The first kappa shape index (κ1) is 18.3. The molecular formula is C21H25NOS. The van der Waals surface area contributed by atoms with Gasteiger partial charge in [-0.15, -0.1) is 11.8 Å². The molecule has 0 radical (unpaired) electrons. The van der Waals surface area contributed by atoms with Crippen LogP contribution in [0.15, 0.2) is 59.5 Å². The largest absolute Gasteiger partial charge is 0.321 e. The van der Waals surface area contributed by atoms with Crippen LogP contribution in [0.5, 0.6) is 0 Å². The van der Waals surface area contributed by atoms with Gasteiger partial charge in [0.2, 0.25) is 5.91 Å². The molecule has 0 saturated carbocycles. The molecule has 0 aliphatic heterocycles. The minimum atomic E-state index is -0.112. The highest BCUT2D eigenvalue weighted by Gasteiger charge is 2.12. The number of benzene rings is 2. The Bertz CT molecular complexity index is 711. The number of nitrogens with one attached hydrogen (secondary N) is 1. The van der Waals surface area contributed by atoms with Gasteiger partial charge in [-0.1, -0.05) is 64.1 Å². The van der Waals surface area contributed by atoms with Crippen LogP contribution in [0.25, 0.3) is 6.08 Å². The summed E-state index contributed by atoms with van der Waals surface area (Å²) in [6.45, 7) is 8.68. The van der Waals surface area contributed by atoms with Crippen LogP contribution in [0.3, 0.4) is 0 Å². The Morgan fingerprint density at radius 1 is 1.08 bits per heavy atom. The van der Waals surface area contributed by atoms with E-state index in [1.165, 1.54) is 5.56 Å². The van der Waals surface area contributed by atoms with Crippen molar-refractivity contribution in [3.05, 3.63) is 65.7 Å². The second-order valence-electron chi connectivity index (χ2n) is 6.62. The number of carbonyl (C=O) groups is 1. The van der Waals surface area contributed by atoms with Gasteiger partial charge in [0, 0.05) is 11.0 Å². The van der Waals surface area contributed by atoms with Crippen molar-refractivity contribution in [3.63, 3.8) is 0 Å². The van der Waals surface area contributed by atoms with E-state index in [9.17, 15) is 4.79 Å². The fraction of sp³-hybridized carbons (Fsp3) is 0.286. The molecule has 0 aliphatic rings. The summed E-state index contributed by atoms with van der Waals surface area (Å²) in [5.74, 6) is 0.863. The van der Waals surface area contributed by atoms with Crippen molar-refractivity contribution in [2.75, 3.05) is 11.1 Å². The van der Waals surface area contributed by atoms with Gasteiger partial charge in [-0.05, 0) is 40.5 Å². The predicted octanol–water partition coefficient (Wildman–Crippen LogP) is 5.75. The summed E-state index contributed by atoms with van der Waals surface area (Å²) in [5.41, 5.74) is 3.31. The maximum absolute atomic E-state index is 12.2. The topological polar surface area (TPSA) is 29.1 Å². The molecule has 0 fully saturated rings. The maximum Gasteiger partial charge on any atom is 0.248 e. The van der Waals surface area contributed by atoms with Crippen LogP contribution in [0, 0.1) is 0 Å². The average Bonchev–Trinajstić information content (AvgIpc) is 2.55. The standard InChI is InChI=1S/C21H25NOS/c1-5-24-19-9-7-6-8-18(19)22-20(23)15-12-16-10-13-17(14-11-16)21(2,3)4/h6-15H,5H2,1-4H3,(H,22,23)/b15-12+. The fourth-order valence-electron chi connectivity index (χ4n) is 2.29. The number of rotatable bonds is 5. The van der Waals surface area contributed by atoms with Gasteiger partial charge < -0.3 is 5.32 Å². The third kappa shape index (κ3) is 5.27. The lowest BCUT2D eigenvalue weighted by atomic mass is 9.87. The number of amides is 1. The Labute approximate surface area is 149 Å². The van der Waals surface area contributed by atoms with E-state index in [0.717, 1.165) is 21.9 Å². The van der Waals surface area contributed by atoms with Crippen LogP contribution >= 0.6 is 11.8 Å². The van der Waals surface area contributed by atoms with E-state index in [0.29, 0.717) is 0 Å². The Morgan fingerprint density at radius 3 is 2.38 bits per heavy atom. The van der Waals surface area contributed by atoms with Gasteiger partial charge in [-0.2, -0.15) is 0 Å². The van der Waals surface area contributed by atoms with Crippen LogP contribution in [0.4, 0.5) is 5.69 Å². The highest BCUT2D eigenvalue weighted by atomic mass is 32.2. The number of anilines is 1. The Balaban J connectivity index is 2.03. The van der Waals surface area contributed by atoms with E-state index in [-0.39, 0.29) is 11.3 Å². The van der Waals surface area contributed by atoms with Crippen LogP contribution in [0.1, 0.15) is 38.8 Å². The molecule has 2 aromatic rings. The molecular weight excluding hydrogens is 314 g/mol. The SMILES string of the molecule is CCSc1ccccc1NC(=O)/C=C/c1ccc(C(C)(C)C)cc1. The van der Waals surface area contributed by atoms with E-state index in [4.69, 9.17) is 0 Å². The summed E-state index contributed by atoms with van der Waals surface area (Å²) in [4.78, 5) is 13.3. The highest BCUT2D eigenvalue weighted by Crippen LogP contribution is 2.26. The van der Waals surface area contributed by atoms with Crippen LogP contribution < -0.4 is 5.32 Å². The molecule has 0 spiro atoms. The molecule has 0 aliphatic carbocycles. The quantitative estimate of drug-likeness (QED) is 0.555. The third-order valence-electron chi connectivity index (χ3n) is 3.65. The minimum absolute atomic E-state index is 0.112. The maximum atomic E-state index is 12.2. The number of para-hydroxylation sites is 1. The molecule has 1 amide bonds. The van der Waals surface area contributed by atoms with E-state index in [2.05, 4.69) is 45.1 Å². The molecule has 0 heterocycles. The monoisotopic (exact) mass is 339 g/mol. The highest BCUT2D eigenvalue weighted by molar-refractivity contribution is 7.99. The van der Waals surface area contributed by atoms with E-state index in [1.54, 1.807) is 17.8 Å². The molecule has 2 nitrogen and oxygen atoms in total. The van der Waals surface area contributed by atoms with Crippen molar-refractivity contribution in [1.29, 1.82) is 0 Å². The van der Waals surface area contributed by atoms with Gasteiger partial charge in [0.25, 0.3) is 0 Å². The molecule has 2 aromatic carbocycles. The number of carbonyl (C=O) groups excluding carboxylic acids is 1. The van der Waals surface area contributed by atoms with Gasteiger partial charge in [0.15, 0.2) is 0 Å². The first-order chi connectivity index (χ1) is 11.4. The zero-order valence-corrected chi connectivity index (χ0v) is 15.6. The molecule has 0 atom stereocenters. The molecule has 24 heavy (non-hydrogen) atoms. The number of thioether (sulfide) groups is 1. The lowest BCUT2D eigenvalue weighted by Crippen LogP contribution is -2.10. The Morgan fingerprint density at radius 2 is 1.75 bits per heavy atom. The van der Waals surface area contributed by atoms with Gasteiger partial charge in [0.05, 0.1) is 5.69 Å². The van der Waals surface area contributed by atoms with Gasteiger partial charge >= 0.3 is 0 Å². The normalized spacial score (nSPS) is 11.7. The first-order valence-corrected chi connectivity index (χ1v) is 9.20. The third-order valence-corrected chi connectivity index (χ3v) is 4.60. The van der Waals surface area contributed by atoms with Gasteiger partial charge in [-0.3, -0.25) is 4.79 Å². The fourth-order valence-corrected chi connectivity index (χ4v) is 3.05. The molecule has 3 heteroatoms. The van der Waals surface area contributed by atoms with Gasteiger partial charge in [0.1, 0.15) is 0 Å². The molecule has 1 N–H and O–H groups in total. The molecule has 126 valence electrons. The minimum Gasteiger partial charge on any atom is -0.321 e. The van der Waals surface area contributed by atoms with Crippen LogP contribution in [-0.4, -0.2) is 11.7 Å².